The zero-order chi connectivity index (χ0) is 17.8. The Labute approximate surface area is 162 Å². The van der Waals surface area contributed by atoms with E-state index in [2.05, 4.69) is 15.3 Å². The number of rotatable bonds is 5. The Bertz CT molecular complexity index is 1040. The largest absolute Gasteiger partial charge is 0.486 e. The van der Waals surface area contributed by atoms with E-state index in [0.717, 1.165) is 16.5 Å². The Morgan fingerprint density at radius 3 is 2.48 bits per heavy atom. The number of benzene rings is 3. The van der Waals surface area contributed by atoms with Crippen LogP contribution < -0.4 is 10.1 Å². The Balaban J connectivity index is 0.00000210. The van der Waals surface area contributed by atoms with Gasteiger partial charge < -0.3 is 10.1 Å². The first kappa shape index (κ1) is 18.6. The first-order valence-corrected chi connectivity index (χ1v) is 8.23. The Morgan fingerprint density at radius 2 is 1.67 bits per heavy atom. The summed E-state index contributed by atoms with van der Waals surface area (Å²) in [6.45, 7) is 0.321. The van der Waals surface area contributed by atoms with E-state index in [9.17, 15) is 4.39 Å². The van der Waals surface area contributed by atoms with Crippen LogP contribution in [0.4, 0.5) is 15.9 Å². The van der Waals surface area contributed by atoms with E-state index < -0.39 is 5.82 Å². The summed E-state index contributed by atoms with van der Waals surface area (Å²) in [5, 5.41) is 4.02. The van der Waals surface area contributed by atoms with E-state index >= 15 is 0 Å². The second-order valence-corrected chi connectivity index (χ2v) is 5.78. The van der Waals surface area contributed by atoms with Crippen LogP contribution in [0.15, 0.2) is 79.1 Å². The molecule has 0 fully saturated rings. The van der Waals surface area contributed by atoms with Gasteiger partial charge in [0.1, 0.15) is 18.8 Å². The normalized spacial score (nSPS) is 10.3. The van der Waals surface area contributed by atoms with Crippen molar-refractivity contribution in [2.24, 2.45) is 0 Å². The topological polar surface area (TPSA) is 47.0 Å². The number of fused-ring (bicyclic) bond motifs is 1. The SMILES string of the molecule is Cl.Fc1cc(Nc2ncnc3ccccc23)ccc1OCc1ccccc1. The molecule has 1 aromatic heterocycles. The first-order chi connectivity index (χ1) is 12.8. The molecule has 3 aromatic carbocycles. The molecule has 6 heteroatoms. The van der Waals surface area contributed by atoms with Gasteiger partial charge in [0.25, 0.3) is 0 Å². The van der Waals surface area contributed by atoms with Crippen molar-refractivity contribution in [3.05, 3.63) is 90.5 Å². The third kappa shape index (κ3) is 4.33. The molecule has 0 atom stereocenters. The average molecular weight is 382 g/mol. The number of hydrogen-bond acceptors (Lipinski definition) is 4. The predicted octanol–water partition coefficient (Wildman–Crippen LogP) is 5.51. The molecular weight excluding hydrogens is 365 g/mol. The molecule has 136 valence electrons. The van der Waals surface area contributed by atoms with Gasteiger partial charge in [-0.3, -0.25) is 0 Å². The molecule has 0 radical (unpaired) electrons. The van der Waals surface area contributed by atoms with Gasteiger partial charge in [0.15, 0.2) is 11.6 Å². The minimum absolute atomic E-state index is 0. The maximum Gasteiger partial charge on any atom is 0.167 e. The summed E-state index contributed by atoms with van der Waals surface area (Å²) >= 11 is 0. The summed E-state index contributed by atoms with van der Waals surface area (Å²) in [6, 6.07) is 22.1. The number of nitrogens with one attached hydrogen (secondary N) is 1. The van der Waals surface area contributed by atoms with E-state index in [0.29, 0.717) is 18.1 Å². The minimum Gasteiger partial charge on any atom is -0.486 e. The van der Waals surface area contributed by atoms with E-state index in [1.807, 2.05) is 54.6 Å². The van der Waals surface area contributed by atoms with E-state index in [-0.39, 0.29) is 18.2 Å². The lowest BCUT2D eigenvalue weighted by molar-refractivity contribution is 0.290. The Morgan fingerprint density at radius 1 is 0.889 bits per heavy atom. The molecular formula is C21H17ClFN3O. The molecule has 4 nitrogen and oxygen atoms in total. The van der Waals surface area contributed by atoms with E-state index in [1.54, 1.807) is 12.1 Å². The summed E-state index contributed by atoms with van der Waals surface area (Å²) in [5.74, 6) is 0.421. The molecule has 27 heavy (non-hydrogen) atoms. The monoisotopic (exact) mass is 381 g/mol. The van der Waals surface area contributed by atoms with E-state index in [4.69, 9.17) is 4.74 Å². The lowest BCUT2D eigenvalue weighted by Crippen LogP contribution is -1.99. The van der Waals surface area contributed by atoms with Gasteiger partial charge in [0.05, 0.1) is 5.52 Å². The zero-order valence-corrected chi connectivity index (χ0v) is 15.1. The van der Waals surface area contributed by atoms with Crippen molar-refractivity contribution in [1.29, 1.82) is 0 Å². The molecule has 0 aliphatic heterocycles. The number of para-hydroxylation sites is 1. The molecule has 0 saturated carbocycles. The molecule has 0 aliphatic carbocycles. The summed E-state index contributed by atoms with van der Waals surface area (Å²) < 4.78 is 19.9. The highest BCUT2D eigenvalue weighted by atomic mass is 35.5. The molecule has 4 aromatic rings. The van der Waals surface area contributed by atoms with Crippen molar-refractivity contribution in [2.75, 3.05) is 5.32 Å². The van der Waals surface area contributed by atoms with Gasteiger partial charge in [0.2, 0.25) is 0 Å². The van der Waals surface area contributed by atoms with Crippen molar-refractivity contribution in [3.63, 3.8) is 0 Å². The van der Waals surface area contributed by atoms with Crippen molar-refractivity contribution < 1.29 is 9.13 Å². The number of halogens is 2. The van der Waals surface area contributed by atoms with Crippen LogP contribution in [0.5, 0.6) is 5.75 Å². The third-order valence-electron chi connectivity index (χ3n) is 3.97. The standard InChI is InChI=1S/C21H16FN3O.ClH/c22-18-12-16(10-11-20(18)26-13-15-6-2-1-3-7-15)25-21-17-8-4-5-9-19(17)23-14-24-21;/h1-12,14H,13H2,(H,23,24,25);1H. The number of aromatic nitrogens is 2. The highest BCUT2D eigenvalue weighted by molar-refractivity contribution is 5.90. The average Bonchev–Trinajstić information content (AvgIpc) is 2.68. The van der Waals surface area contributed by atoms with Crippen molar-refractivity contribution in [3.8, 4) is 5.75 Å². The molecule has 0 saturated heterocycles. The maximum atomic E-state index is 14.4. The van der Waals surface area contributed by atoms with Crippen LogP contribution in [0.3, 0.4) is 0 Å². The fourth-order valence-electron chi connectivity index (χ4n) is 2.67. The van der Waals surface area contributed by atoms with Gasteiger partial charge >= 0.3 is 0 Å². The predicted molar refractivity (Wildman–Crippen MR) is 107 cm³/mol. The molecule has 0 unspecified atom stereocenters. The number of hydrogen-bond donors (Lipinski definition) is 1. The van der Waals surface area contributed by atoms with Crippen molar-refractivity contribution in [1.82, 2.24) is 9.97 Å². The molecule has 0 spiro atoms. The number of nitrogens with zero attached hydrogens (tertiary/aromatic N) is 2. The summed E-state index contributed by atoms with van der Waals surface area (Å²) in [4.78, 5) is 8.48. The summed E-state index contributed by atoms with van der Waals surface area (Å²) in [5.41, 5.74) is 2.41. The Hall–Kier alpha value is -3.18. The van der Waals surface area contributed by atoms with Crippen LogP contribution in [-0.2, 0) is 6.61 Å². The number of anilines is 2. The third-order valence-corrected chi connectivity index (χ3v) is 3.97. The fraction of sp³-hybridized carbons (Fsp3) is 0.0476. The van der Waals surface area contributed by atoms with Gasteiger partial charge in [-0.25, -0.2) is 14.4 Å². The minimum atomic E-state index is -0.427. The second-order valence-electron chi connectivity index (χ2n) is 5.78. The lowest BCUT2D eigenvalue weighted by atomic mass is 10.2. The molecule has 1 N–H and O–H groups in total. The quantitative estimate of drug-likeness (QED) is 0.495. The van der Waals surface area contributed by atoms with Crippen LogP contribution in [0.2, 0.25) is 0 Å². The first-order valence-electron chi connectivity index (χ1n) is 8.23. The lowest BCUT2D eigenvalue weighted by Gasteiger charge is -2.11. The summed E-state index contributed by atoms with van der Waals surface area (Å²) in [6.07, 6.45) is 1.48. The molecule has 0 aliphatic rings. The number of ether oxygens (including phenoxy) is 1. The van der Waals surface area contributed by atoms with Crippen LogP contribution in [-0.4, -0.2) is 9.97 Å². The zero-order valence-electron chi connectivity index (χ0n) is 14.3. The van der Waals surface area contributed by atoms with Gasteiger partial charge in [-0.15, -0.1) is 12.4 Å². The molecule has 1 heterocycles. The molecule has 0 amide bonds. The van der Waals surface area contributed by atoms with Crippen molar-refractivity contribution >= 4 is 34.8 Å². The van der Waals surface area contributed by atoms with Crippen LogP contribution in [0.25, 0.3) is 10.9 Å². The van der Waals surface area contributed by atoms with Crippen LogP contribution in [0, 0.1) is 5.82 Å². The molecule has 0 bridgehead atoms. The van der Waals surface area contributed by atoms with E-state index in [1.165, 1.54) is 12.4 Å². The van der Waals surface area contributed by atoms with Gasteiger partial charge in [-0.1, -0.05) is 42.5 Å². The highest BCUT2D eigenvalue weighted by Crippen LogP contribution is 2.26. The second kappa shape index (κ2) is 8.47. The van der Waals surface area contributed by atoms with Gasteiger partial charge in [-0.2, -0.15) is 0 Å². The van der Waals surface area contributed by atoms with Crippen molar-refractivity contribution in [2.45, 2.75) is 6.61 Å². The van der Waals surface area contributed by atoms with Crippen LogP contribution >= 0.6 is 12.4 Å². The molecule has 4 rings (SSSR count). The van der Waals surface area contributed by atoms with Gasteiger partial charge in [-0.05, 0) is 29.8 Å². The Kier molecular flexibility index (Phi) is 5.84. The maximum absolute atomic E-state index is 14.4. The smallest absolute Gasteiger partial charge is 0.167 e. The fourth-order valence-corrected chi connectivity index (χ4v) is 2.67. The van der Waals surface area contributed by atoms with Crippen LogP contribution in [0.1, 0.15) is 5.56 Å². The summed E-state index contributed by atoms with van der Waals surface area (Å²) in [7, 11) is 0. The highest BCUT2D eigenvalue weighted by Gasteiger charge is 2.08. The van der Waals surface area contributed by atoms with Gasteiger partial charge in [0, 0.05) is 17.1 Å².